The fourth-order valence-corrected chi connectivity index (χ4v) is 3.89. The SMILES string of the molecule is CCNC(C)c1ccccc1OC1CC(C)CC(C)(C)C1. The van der Waals surface area contributed by atoms with Gasteiger partial charge in [0.15, 0.2) is 0 Å². The molecule has 2 heteroatoms. The summed E-state index contributed by atoms with van der Waals surface area (Å²) in [6.45, 7) is 12.4. The Morgan fingerprint density at radius 3 is 2.67 bits per heavy atom. The van der Waals surface area contributed by atoms with Crippen molar-refractivity contribution in [3.05, 3.63) is 29.8 Å². The molecule has 1 aliphatic rings. The number of para-hydroxylation sites is 1. The Morgan fingerprint density at radius 2 is 2.00 bits per heavy atom. The predicted molar refractivity (Wildman–Crippen MR) is 89.7 cm³/mol. The Balaban J connectivity index is 2.12. The molecule has 1 fully saturated rings. The number of hydrogen-bond donors (Lipinski definition) is 1. The van der Waals surface area contributed by atoms with Crippen LogP contribution in [-0.4, -0.2) is 12.6 Å². The Labute approximate surface area is 130 Å². The van der Waals surface area contributed by atoms with Gasteiger partial charge < -0.3 is 10.1 Å². The molecule has 0 spiro atoms. The van der Waals surface area contributed by atoms with Crippen molar-refractivity contribution in [1.82, 2.24) is 5.32 Å². The minimum absolute atomic E-state index is 0.334. The number of rotatable bonds is 5. The first kappa shape index (κ1) is 16.4. The van der Waals surface area contributed by atoms with Crippen LogP contribution in [0.3, 0.4) is 0 Å². The summed E-state index contributed by atoms with van der Waals surface area (Å²) >= 11 is 0. The lowest BCUT2D eigenvalue weighted by Gasteiger charge is -2.39. The van der Waals surface area contributed by atoms with Crippen molar-refractivity contribution in [2.24, 2.45) is 11.3 Å². The van der Waals surface area contributed by atoms with Gasteiger partial charge in [0, 0.05) is 11.6 Å². The highest BCUT2D eigenvalue weighted by atomic mass is 16.5. The van der Waals surface area contributed by atoms with Gasteiger partial charge in [-0.3, -0.25) is 0 Å². The second-order valence-corrected chi connectivity index (χ2v) is 7.47. The maximum atomic E-state index is 6.42. The van der Waals surface area contributed by atoms with Crippen molar-refractivity contribution >= 4 is 0 Å². The van der Waals surface area contributed by atoms with Crippen LogP contribution < -0.4 is 10.1 Å². The lowest BCUT2D eigenvalue weighted by Crippen LogP contribution is -2.34. The van der Waals surface area contributed by atoms with E-state index in [4.69, 9.17) is 4.74 Å². The molecule has 0 heterocycles. The third kappa shape index (κ3) is 4.47. The first-order valence-corrected chi connectivity index (χ1v) is 8.40. The predicted octanol–water partition coefficient (Wildman–Crippen LogP) is 4.95. The Morgan fingerprint density at radius 1 is 1.29 bits per heavy atom. The standard InChI is InChI=1S/C19H31NO/c1-6-20-15(3)17-9-7-8-10-18(17)21-16-11-14(2)12-19(4,5)13-16/h7-10,14-16,20H,6,11-13H2,1-5H3. The summed E-state index contributed by atoms with van der Waals surface area (Å²) in [5, 5.41) is 3.48. The average molecular weight is 289 g/mol. The monoisotopic (exact) mass is 289 g/mol. The molecule has 3 atom stereocenters. The molecule has 0 aliphatic heterocycles. The number of hydrogen-bond acceptors (Lipinski definition) is 2. The van der Waals surface area contributed by atoms with Gasteiger partial charge in [-0.1, -0.05) is 45.9 Å². The van der Waals surface area contributed by atoms with Crippen LogP contribution in [0.5, 0.6) is 5.75 Å². The van der Waals surface area contributed by atoms with Crippen molar-refractivity contribution in [2.75, 3.05) is 6.54 Å². The first-order chi connectivity index (χ1) is 9.91. The first-order valence-electron chi connectivity index (χ1n) is 8.40. The summed E-state index contributed by atoms with van der Waals surface area (Å²) in [7, 11) is 0. The molecule has 1 aliphatic carbocycles. The van der Waals surface area contributed by atoms with Crippen LogP contribution >= 0.6 is 0 Å². The highest BCUT2D eigenvalue weighted by Gasteiger charge is 2.33. The lowest BCUT2D eigenvalue weighted by atomic mass is 9.71. The summed E-state index contributed by atoms with van der Waals surface area (Å²) in [6, 6.07) is 8.81. The summed E-state index contributed by atoms with van der Waals surface area (Å²) in [5.74, 6) is 1.80. The number of nitrogens with one attached hydrogen (secondary N) is 1. The molecule has 118 valence electrons. The van der Waals surface area contributed by atoms with E-state index in [1.54, 1.807) is 0 Å². The van der Waals surface area contributed by atoms with Gasteiger partial charge in [-0.25, -0.2) is 0 Å². The van der Waals surface area contributed by atoms with E-state index >= 15 is 0 Å². The molecule has 2 rings (SSSR count). The Kier molecular flexibility index (Phi) is 5.32. The molecule has 1 N–H and O–H groups in total. The topological polar surface area (TPSA) is 21.3 Å². The van der Waals surface area contributed by atoms with Crippen molar-refractivity contribution in [1.29, 1.82) is 0 Å². The molecule has 1 saturated carbocycles. The molecule has 3 unspecified atom stereocenters. The molecule has 21 heavy (non-hydrogen) atoms. The maximum absolute atomic E-state index is 6.42. The van der Waals surface area contributed by atoms with Gasteiger partial charge in [0.05, 0.1) is 6.10 Å². The van der Waals surface area contributed by atoms with E-state index in [1.807, 2.05) is 0 Å². The molecule has 0 saturated heterocycles. The minimum atomic E-state index is 0.334. The van der Waals surface area contributed by atoms with Gasteiger partial charge >= 0.3 is 0 Å². The van der Waals surface area contributed by atoms with Gasteiger partial charge in [-0.05, 0) is 50.1 Å². The molecule has 0 radical (unpaired) electrons. The summed E-state index contributed by atoms with van der Waals surface area (Å²) in [6.07, 6.45) is 3.98. The van der Waals surface area contributed by atoms with E-state index in [2.05, 4.69) is 64.2 Å². The van der Waals surface area contributed by atoms with Crippen LogP contribution in [0.1, 0.15) is 65.5 Å². The molecule has 0 aromatic heterocycles. The van der Waals surface area contributed by atoms with Crippen LogP contribution in [0.15, 0.2) is 24.3 Å². The van der Waals surface area contributed by atoms with E-state index in [9.17, 15) is 0 Å². The van der Waals surface area contributed by atoms with Crippen molar-refractivity contribution in [2.45, 2.75) is 66.0 Å². The number of ether oxygens (including phenoxy) is 1. The fraction of sp³-hybridized carbons (Fsp3) is 0.684. The Hall–Kier alpha value is -1.02. The molecular formula is C19H31NO. The smallest absolute Gasteiger partial charge is 0.124 e. The quantitative estimate of drug-likeness (QED) is 0.828. The van der Waals surface area contributed by atoms with Crippen LogP contribution in [0.4, 0.5) is 0 Å². The van der Waals surface area contributed by atoms with Crippen molar-refractivity contribution < 1.29 is 4.74 Å². The van der Waals surface area contributed by atoms with Crippen LogP contribution in [0.2, 0.25) is 0 Å². The van der Waals surface area contributed by atoms with Gasteiger partial charge in [-0.2, -0.15) is 0 Å². The zero-order valence-corrected chi connectivity index (χ0v) is 14.3. The maximum Gasteiger partial charge on any atom is 0.124 e. The Bertz CT molecular complexity index is 455. The summed E-state index contributed by atoms with van der Waals surface area (Å²) in [4.78, 5) is 0. The summed E-state index contributed by atoms with van der Waals surface area (Å²) < 4.78 is 6.42. The highest BCUT2D eigenvalue weighted by molar-refractivity contribution is 5.35. The van der Waals surface area contributed by atoms with E-state index < -0.39 is 0 Å². The third-order valence-corrected chi connectivity index (χ3v) is 4.54. The largest absolute Gasteiger partial charge is 0.490 e. The van der Waals surface area contributed by atoms with Crippen LogP contribution in [-0.2, 0) is 0 Å². The molecule has 0 bridgehead atoms. The number of benzene rings is 1. The van der Waals surface area contributed by atoms with Crippen molar-refractivity contribution in [3.63, 3.8) is 0 Å². The van der Waals surface area contributed by atoms with Gasteiger partial charge in [0.2, 0.25) is 0 Å². The van der Waals surface area contributed by atoms with Crippen molar-refractivity contribution in [3.8, 4) is 5.75 Å². The average Bonchev–Trinajstić information content (AvgIpc) is 2.37. The molecule has 1 aromatic rings. The van der Waals surface area contributed by atoms with E-state index in [0.717, 1.165) is 24.6 Å². The lowest BCUT2D eigenvalue weighted by molar-refractivity contribution is 0.0553. The van der Waals surface area contributed by atoms with Crippen LogP contribution in [0.25, 0.3) is 0 Å². The molecular weight excluding hydrogens is 258 g/mol. The second-order valence-electron chi connectivity index (χ2n) is 7.47. The van der Waals surface area contributed by atoms with E-state index in [1.165, 1.54) is 18.4 Å². The molecule has 1 aromatic carbocycles. The second kappa shape index (κ2) is 6.83. The van der Waals surface area contributed by atoms with Gasteiger partial charge in [0.25, 0.3) is 0 Å². The van der Waals surface area contributed by atoms with E-state index in [-0.39, 0.29) is 0 Å². The third-order valence-electron chi connectivity index (χ3n) is 4.54. The highest BCUT2D eigenvalue weighted by Crippen LogP contribution is 2.40. The van der Waals surface area contributed by atoms with E-state index in [0.29, 0.717) is 17.6 Å². The van der Waals surface area contributed by atoms with Crippen LogP contribution in [0, 0.1) is 11.3 Å². The van der Waals surface area contributed by atoms with Gasteiger partial charge in [-0.15, -0.1) is 0 Å². The minimum Gasteiger partial charge on any atom is -0.490 e. The summed E-state index contributed by atoms with van der Waals surface area (Å²) in [5.41, 5.74) is 1.67. The zero-order chi connectivity index (χ0) is 15.5. The zero-order valence-electron chi connectivity index (χ0n) is 14.3. The van der Waals surface area contributed by atoms with Gasteiger partial charge in [0.1, 0.15) is 5.75 Å². The normalized spacial score (nSPS) is 26.3. The molecule has 2 nitrogen and oxygen atoms in total. The fourth-order valence-electron chi connectivity index (χ4n) is 3.89. The molecule has 0 amide bonds.